The number of rotatable bonds is 4. The fourth-order valence-electron chi connectivity index (χ4n) is 1.86. The number of hydrogen-bond acceptors (Lipinski definition) is 5. The Morgan fingerprint density at radius 2 is 2.15 bits per heavy atom. The number of carbonyl (C=O) groups is 1. The van der Waals surface area contributed by atoms with Gasteiger partial charge in [-0.2, -0.15) is 0 Å². The lowest BCUT2D eigenvalue weighted by molar-refractivity contribution is -0.384. The van der Waals surface area contributed by atoms with Gasteiger partial charge in [0, 0.05) is 31.1 Å². The third-order valence-electron chi connectivity index (χ3n) is 2.80. The second-order valence-corrected chi connectivity index (χ2v) is 4.67. The summed E-state index contributed by atoms with van der Waals surface area (Å²) in [6, 6.07) is 10.1. The molecule has 2 rings (SSSR count). The molecule has 0 bridgehead atoms. The molecule has 0 aliphatic rings. The highest BCUT2D eigenvalue weighted by molar-refractivity contribution is 5.90. The van der Waals surface area contributed by atoms with Crippen LogP contribution in [-0.4, -0.2) is 32.7 Å². The van der Waals surface area contributed by atoms with Crippen molar-refractivity contribution in [1.29, 1.82) is 5.40 Å². The molecule has 10 nitrogen and oxygen atoms in total. The van der Waals surface area contributed by atoms with Crippen LogP contribution in [0.2, 0.25) is 1.41 Å². The van der Waals surface area contributed by atoms with Crippen LogP contribution in [0.5, 0.6) is 0 Å². The molecule has 26 heavy (non-hydrogen) atoms. The average molecular weight is 358 g/mol. The quantitative estimate of drug-likeness (QED) is 0.215. The number of nitro benzene ring substituents is 1. The summed E-state index contributed by atoms with van der Waals surface area (Å²) in [5, 5.41) is 21.6. The van der Waals surface area contributed by atoms with Crippen molar-refractivity contribution < 1.29 is 16.2 Å². The van der Waals surface area contributed by atoms with Crippen molar-refractivity contribution in [3.05, 3.63) is 64.5 Å². The molecule has 1 heterocycles. The largest absolute Gasteiger partial charge is 0.481 e. The highest BCUT2D eigenvalue weighted by Crippen LogP contribution is 2.24. The SMILES string of the molecule is CC(=O)O.[H]/N=C(\N=C\C=Cc1cccn1-c1ccccc1[N+](=O)[O-])NN. The van der Waals surface area contributed by atoms with E-state index in [2.05, 4.69) is 15.8 Å². The van der Waals surface area contributed by atoms with Crippen molar-refractivity contribution in [3.8, 4) is 5.69 Å². The first-order valence-corrected chi connectivity index (χ1v) is 7.20. The number of hydrogen-bond donors (Lipinski definition) is 4. The molecule has 2 aromatic rings. The first kappa shape index (κ1) is 18.5. The third kappa shape index (κ3) is 6.37. The Balaban J connectivity index is 0.000000828. The summed E-state index contributed by atoms with van der Waals surface area (Å²) in [7, 11) is 0. The number of benzene rings is 1. The number of nitrogens with one attached hydrogen (secondary N) is 2. The van der Waals surface area contributed by atoms with Gasteiger partial charge < -0.3 is 9.67 Å². The van der Waals surface area contributed by atoms with E-state index in [9.17, 15) is 10.1 Å². The predicted molar refractivity (Wildman–Crippen MR) is 98.3 cm³/mol. The van der Waals surface area contributed by atoms with Crippen LogP contribution in [0.1, 0.15) is 12.6 Å². The Morgan fingerprint density at radius 1 is 1.46 bits per heavy atom. The van der Waals surface area contributed by atoms with Crippen LogP contribution in [0.25, 0.3) is 11.8 Å². The van der Waals surface area contributed by atoms with Crippen molar-refractivity contribution in [3.63, 3.8) is 0 Å². The van der Waals surface area contributed by atoms with Gasteiger partial charge in [0.05, 0.1) is 4.92 Å². The van der Waals surface area contributed by atoms with E-state index in [0.29, 0.717) is 5.69 Å². The number of aliphatic imine (C=N–C) groups is 1. The standard InChI is InChI=1S/C14H14N6O2.C2H4O2/c15-14(18-16)17-9-3-5-11-6-4-10-19(11)12-7-1-2-8-13(12)20(21)22;1-2(3)4/h1-10H,16H2,(H2,15,18);1H3,(H,3,4)/b5-3?,17-9+;. The van der Waals surface area contributed by atoms with Gasteiger partial charge in [-0.25, -0.2) is 10.8 Å². The summed E-state index contributed by atoms with van der Waals surface area (Å²) >= 11 is 0. The smallest absolute Gasteiger partial charge is 0.300 e. The molecule has 0 saturated carbocycles. The minimum atomic E-state index is -0.833. The van der Waals surface area contributed by atoms with Gasteiger partial charge in [0.2, 0.25) is 5.96 Å². The molecule has 1 aromatic heterocycles. The topological polar surface area (TPSA) is 160 Å². The van der Waals surface area contributed by atoms with E-state index in [1.54, 1.807) is 47.2 Å². The van der Waals surface area contributed by atoms with E-state index < -0.39 is 10.9 Å². The zero-order valence-corrected chi connectivity index (χ0v) is 13.8. The molecular weight excluding hydrogens is 340 g/mol. The lowest BCUT2D eigenvalue weighted by atomic mass is 10.2. The Morgan fingerprint density at radius 3 is 2.77 bits per heavy atom. The fourth-order valence-corrected chi connectivity index (χ4v) is 1.86. The highest BCUT2D eigenvalue weighted by Gasteiger charge is 2.14. The molecule has 0 atom stereocenters. The number of allylic oxidation sites excluding steroid dienone is 1. The van der Waals surface area contributed by atoms with Crippen molar-refractivity contribution in [2.24, 2.45) is 10.8 Å². The number of carboxylic acids is 1. The zero-order chi connectivity index (χ0) is 20.2. The number of aromatic nitrogens is 1. The van der Waals surface area contributed by atoms with Gasteiger partial charge in [0.15, 0.2) is 1.41 Å². The predicted octanol–water partition coefficient (Wildman–Crippen LogP) is 1.96. The number of aliphatic carboxylic acids is 1. The summed E-state index contributed by atoms with van der Waals surface area (Å²) in [6.07, 6.45) is 6.47. The Bertz CT molecular complexity index is 871. The van der Waals surface area contributed by atoms with Crippen LogP contribution in [0.4, 0.5) is 5.69 Å². The number of hydrazine groups is 1. The first-order chi connectivity index (χ1) is 12.9. The second kappa shape index (κ2) is 10.2. The Labute approximate surface area is 150 Å². The average Bonchev–Trinajstić information content (AvgIpc) is 3.09. The van der Waals surface area contributed by atoms with Crippen molar-refractivity contribution in [1.82, 2.24) is 9.99 Å². The maximum Gasteiger partial charge on any atom is 0.300 e. The molecule has 0 radical (unpaired) electrons. The Hall–Kier alpha value is -3.79. The van der Waals surface area contributed by atoms with E-state index >= 15 is 0 Å². The van der Waals surface area contributed by atoms with Crippen LogP contribution in [-0.2, 0) is 4.79 Å². The summed E-state index contributed by atoms with van der Waals surface area (Å²) in [5.74, 6) is 4.23. The van der Waals surface area contributed by atoms with Crippen molar-refractivity contribution >= 4 is 29.9 Å². The molecule has 0 unspecified atom stereocenters. The highest BCUT2D eigenvalue weighted by atomic mass is 16.6. The lowest BCUT2D eigenvalue weighted by Crippen LogP contribution is -2.27. The summed E-state index contributed by atoms with van der Waals surface area (Å²) in [4.78, 5) is 23.5. The van der Waals surface area contributed by atoms with Gasteiger partial charge in [0.25, 0.3) is 11.7 Å². The molecule has 5 N–H and O–H groups in total. The number of guanidine groups is 1. The zero-order valence-electron chi connectivity index (χ0n) is 14.8. The molecule has 0 saturated heterocycles. The molecule has 10 heteroatoms. The van der Waals surface area contributed by atoms with Gasteiger partial charge >= 0.3 is 0 Å². The first-order valence-electron chi connectivity index (χ1n) is 7.65. The molecule has 136 valence electrons. The van der Waals surface area contributed by atoms with Gasteiger partial charge in [-0.1, -0.05) is 12.1 Å². The van der Waals surface area contributed by atoms with Crippen molar-refractivity contribution in [2.45, 2.75) is 6.92 Å². The maximum absolute atomic E-state index is 11.1. The Kier molecular flexibility index (Phi) is 7.24. The van der Waals surface area contributed by atoms with Crippen LogP contribution in [0.15, 0.2) is 53.7 Å². The number of nitrogens with two attached hydrogens (primary N) is 1. The summed E-state index contributed by atoms with van der Waals surface area (Å²) < 4.78 is 8.48. The molecule has 1 aromatic carbocycles. The molecule has 0 aliphatic carbocycles. The third-order valence-corrected chi connectivity index (χ3v) is 2.80. The van der Waals surface area contributed by atoms with Crippen LogP contribution in [0.3, 0.4) is 0 Å². The summed E-state index contributed by atoms with van der Waals surface area (Å²) in [5.41, 5.74) is 3.37. The number of nitro groups is 1. The summed E-state index contributed by atoms with van der Waals surface area (Å²) in [6.45, 7) is 1.08. The van der Waals surface area contributed by atoms with E-state index in [1.807, 2.05) is 6.07 Å². The van der Waals surface area contributed by atoms with Crippen LogP contribution in [0, 0.1) is 15.5 Å². The number of nitrogens with zero attached hydrogens (tertiary/aromatic N) is 3. The van der Waals surface area contributed by atoms with Gasteiger partial charge in [-0.15, -0.1) is 0 Å². The second-order valence-electron chi connectivity index (χ2n) is 4.67. The van der Waals surface area contributed by atoms with Gasteiger partial charge in [-0.05, 0) is 30.4 Å². The number of carboxylic acid groups (broad SMARTS) is 1. The molecule has 0 amide bonds. The monoisotopic (exact) mass is 358 g/mol. The van der Waals surface area contributed by atoms with E-state index in [0.717, 1.165) is 12.6 Å². The molecule has 0 spiro atoms. The lowest BCUT2D eigenvalue weighted by Gasteiger charge is -2.06. The van der Waals surface area contributed by atoms with E-state index in [4.69, 9.17) is 17.2 Å². The minimum Gasteiger partial charge on any atom is -0.481 e. The van der Waals surface area contributed by atoms with Crippen LogP contribution >= 0.6 is 0 Å². The number of para-hydroxylation sites is 2. The van der Waals surface area contributed by atoms with Gasteiger partial charge in [-0.3, -0.25) is 25.7 Å². The van der Waals surface area contributed by atoms with Gasteiger partial charge in [0.1, 0.15) is 5.69 Å². The molecule has 0 fully saturated rings. The van der Waals surface area contributed by atoms with E-state index in [-0.39, 0.29) is 11.6 Å². The van der Waals surface area contributed by atoms with Crippen LogP contribution < -0.4 is 11.3 Å². The van der Waals surface area contributed by atoms with E-state index in [1.165, 1.54) is 12.3 Å². The fraction of sp³-hybridized carbons (Fsp3) is 0.0625. The molecule has 0 aliphatic heterocycles. The molecular formula is C16H18N6O4. The maximum atomic E-state index is 11.1. The normalized spacial score (nSPS) is 11.8. The minimum absolute atomic E-state index is 0.0166. The van der Waals surface area contributed by atoms with Crippen molar-refractivity contribution in [2.75, 3.05) is 0 Å².